The standard InChI is InChI=1S/C17H28N2/c1-11-10-12(2)18-14(4)17(11)15(5)19-13(3)16-8-6-7-9-16/h10,13,15-16,19H,6-9H2,1-5H3. The Bertz CT molecular complexity index is 410. The largest absolute Gasteiger partial charge is 0.307 e. The minimum Gasteiger partial charge on any atom is -0.307 e. The molecule has 19 heavy (non-hydrogen) atoms. The Labute approximate surface area is 118 Å². The van der Waals surface area contributed by atoms with E-state index in [1.807, 2.05) is 0 Å². The van der Waals surface area contributed by atoms with Gasteiger partial charge in [0, 0.05) is 23.5 Å². The van der Waals surface area contributed by atoms with E-state index in [9.17, 15) is 0 Å². The summed E-state index contributed by atoms with van der Waals surface area (Å²) in [6, 6.07) is 3.20. The lowest BCUT2D eigenvalue weighted by Crippen LogP contribution is -2.35. The topological polar surface area (TPSA) is 24.9 Å². The van der Waals surface area contributed by atoms with Crippen molar-refractivity contribution < 1.29 is 0 Å². The second kappa shape index (κ2) is 6.04. The fourth-order valence-corrected chi connectivity index (χ4v) is 3.76. The Morgan fingerprint density at radius 3 is 2.37 bits per heavy atom. The van der Waals surface area contributed by atoms with Gasteiger partial charge in [-0.1, -0.05) is 12.8 Å². The van der Waals surface area contributed by atoms with Gasteiger partial charge in [0.1, 0.15) is 0 Å². The predicted molar refractivity (Wildman–Crippen MR) is 81.4 cm³/mol. The van der Waals surface area contributed by atoms with Crippen LogP contribution in [-0.2, 0) is 0 Å². The zero-order valence-corrected chi connectivity index (χ0v) is 13.1. The van der Waals surface area contributed by atoms with Crippen LogP contribution in [0, 0.1) is 26.7 Å². The summed E-state index contributed by atoms with van der Waals surface area (Å²) < 4.78 is 0. The van der Waals surface area contributed by atoms with Crippen LogP contribution in [0.5, 0.6) is 0 Å². The summed E-state index contributed by atoms with van der Waals surface area (Å²) >= 11 is 0. The van der Waals surface area contributed by atoms with E-state index in [2.05, 4.69) is 51.0 Å². The monoisotopic (exact) mass is 260 g/mol. The number of rotatable bonds is 4. The van der Waals surface area contributed by atoms with Crippen LogP contribution in [0.2, 0.25) is 0 Å². The molecule has 0 saturated heterocycles. The highest BCUT2D eigenvalue weighted by Gasteiger charge is 2.23. The SMILES string of the molecule is Cc1cc(C)c(C(C)NC(C)C2CCCC2)c(C)n1. The zero-order valence-electron chi connectivity index (χ0n) is 13.1. The van der Waals surface area contributed by atoms with Gasteiger partial charge in [-0.3, -0.25) is 4.98 Å². The lowest BCUT2D eigenvalue weighted by molar-refractivity contribution is 0.351. The van der Waals surface area contributed by atoms with Gasteiger partial charge in [0.2, 0.25) is 0 Å². The summed E-state index contributed by atoms with van der Waals surface area (Å²) in [6.45, 7) is 11.0. The zero-order chi connectivity index (χ0) is 14.0. The summed E-state index contributed by atoms with van der Waals surface area (Å²) in [5.41, 5.74) is 5.05. The maximum Gasteiger partial charge on any atom is 0.0426 e. The van der Waals surface area contributed by atoms with Gasteiger partial charge in [0.25, 0.3) is 0 Å². The predicted octanol–water partition coefficient (Wildman–Crippen LogP) is 4.24. The van der Waals surface area contributed by atoms with Crippen LogP contribution in [0.1, 0.15) is 68.1 Å². The van der Waals surface area contributed by atoms with Crippen LogP contribution >= 0.6 is 0 Å². The van der Waals surface area contributed by atoms with E-state index in [1.165, 1.54) is 42.5 Å². The Balaban J connectivity index is 2.09. The second-order valence-corrected chi connectivity index (χ2v) is 6.30. The molecule has 2 unspecified atom stereocenters. The molecule has 2 rings (SSSR count). The molecule has 0 amide bonds. The molecule has 1 N–H and O–H groups in total. The number of pyridine rings is 1. The average molecular weight is 260 g/mol. The van der Waals surface area contributed by atoms with Gasteiger partial charge in [0.05, 0.1) is 0 Å². The molecule has 1 aliphatic rings. The molecule has 1 heterocycles. The van der Waals surface area contributed by atoms with Crippen LogP contribution in [0.4, 0.5) is 0 Å². The first-order valence-electron chi connectivity index (χ1n) is 7.70. The normalized spacial score (nSPS) is 19.6. The van der Waals surface area contributed by atoms with Crippen LogP contribution in [0.3, 0.4) is 0 Å². The van der Waals surface area contributed by atoms with Gasteiger partial charge in [-0.25, -0.2) is 0 Å². The third-order valence-corrected chi connectivity index (χ3v) is 4.64. The fraction of sp³-hybridized carbons (Fsp3) is 0.706. The molecule has 1 aromatic heterocycles. The highest BCUT2D eigenvalue weighted by atomic mass is 15.0. The molecule has 0 radical (unpaired) electrons. The molecule has 2 heteroatoms. The van der Waals surface area contributed by atoms with Crippen molar-refractivity contribution in [1.82, 2.24) is 10.3 Å². The molecule has 0 aliphatic heterocycles. The van der Waals surface area contributed by atoms with Crippen molar-refractivity contribution in [3.05, 3.63) is 28.6 Å². The van der Waals surface area contributed by atoms with Gasteiger partial charge in [-0.05, 0) is 70.6 Å². The summed E-state index contributed by atoms with van der Waals surface area (Å²) in [4.78, 5) is 4.62. The summed E-state index contributed by atoms with van der Waals surface area (Å²) in [6.07, 6.45) is 5.61. The second-order valence-electron chi connectivity index (χ2n) is 6.30. The van der Waals surface area contributed by atoms with Crippen molar-refractivity contribution in [2.75, 3.05) is 0 Å². The van der Waals surface area contributed by atoms with E-state index in [1.54, 1.807) is 0 Å². The van der Waals surface area contributed by atoms with Crippen molar-refractivity contribution in [2.45, 2.75) is 72.4 Å². The Morgan fingerprint density at radius 1 is 1.16 bits per heavy atom. The summed E-state index contributed by atoms with van der Waals surface area (Å²) in [7, 11) is 0. The smallest absolute Gasteiger partial charge is 0.0426 e. The lowest BCUT2D eigenvalue weighted by atomic mass is 9.95. The molecule has 1 saturated carbocycles. The van der Waals surface area contributed by atoms with E-state index < -0.39 is 0 Å². The number of nitrogens with zero attached hydrogens (tertiary/aromatic N) is 1. The molecule has 2 atom stereocenters. The van der Waals surface area contributed by atoms with Crippen molar-refractivity contribution in [1.29, 1.82) is 0 Å². The van der Waals surface area contributed by atoms with Crippen LogP contribution < -0.4 is 5.32 Å². The number of hydrogen-bond donors (Lipinski definition) is 1. The number of aromatic nitrogens is 1. The molecule has 106 valence electrons. The van der Waals surface area contributed by atoms with Gasteiger partial charge < -0.3 is 5.32 Å². The minimum absolute atomic E-state index is 0.392. The third kappa shape index (κ3) is 3.36. The van der Waals surface area contributed by atoms with Crippen LogP contribution in [0.15, 0.2) is 6.07 Å². The summed E-state index contributed by atoms with van der Waals surface area (Å²) in [5.74, 6) is 0.862. The van der Waals surface area contributed by atoms with Crippen molar-refractivity contribution >= 4 is 0 Å². The maximum absolute atomic E-state index is 4.62. The molecule has 2 nitrogen and oxygen atoms in total. The average Bonchev–Trinajstić information content (AvgIpc) is 2.80. The van der Waals surface area contributed by atoms with Gasteiger partial charge in [0.15, 0.2) is 0 Å². The molecule has 1 aliphatic carbocycles. The first-order valence-corrected chi connectivity index (χ1v) is 7.70. The van der Waals surface area contributed by atoms with E-state index in [0.29, 0.717) is 12.1 Å². The molecule has 1 aromatic rings. The quantitative estimate of drug-likeness (QED) is 0.876. The van der Waals surface area contributed by atoms with Crippen molar-refractivity contribution in [2.24, 2.45) is 5.92 Å². The number of nitrogens with one attached hydrogen (secondary N) is 1. The van der Waals surface area contributed by atoms with Gasteiger partial charge in [-0.2, -0.15) is 0 Å². The maximum atomic E-state index is 4.62. The van der Waals surface area contributed by atoms with E-state index in [0.717, 1.165) is 11.6 Å². The fourth-order valence-electron chi connectivity index (χ4n) is 3.76. The van der Waals surface area contributed by atoms with Gasteiger partial charge >= 0.3 is 0 Å². The highest BCUT2D eigenvalue weighted by molar-refractivity contribution is 5.33. The summed E-state index contributed by atoms with van der Waals surface area (Å²) in [5, 5.41) is 3.80. The molecular weight excluding hydrogens is 232 g/mol. The van der Waals surface area contributed by atoms with E-state index >= 15 is 0 Å². The Morgan fingerprint density at radius 2 is 1.79 bits per heavy atom. The third-order valence-electron chi connectivity index (χ3n) is 4.64. The number of aryl methyl sites for hydroxylation is 3. The molecule has 0 bridgehead atoms. The molecule has 0 aromatic carbocycles. The van der Waals surface area contributed by atoms with E-state index in [-0.39, 0.29) is 0 Å². The molecular formula is C17H28N2. The first kappa shape index (κ1) is 14.5. The Kier molecular flexibility index (Phi) is 4.62. The van der Waals surface area contributed by atoms with E-state index in [4.69, 9.17) is 0 Å². The van der Waals surface area contributed by atoms with Crippen molar-refractivity contribution in [3.8, 4) is 0 Å². The Hall–Kier alpha value is -0.890. The molecule has 1 fully saturated rings. The first-order chi connectivity index (χ1) is 8.99. The lowest BCUT2D eigenvalue weighted by Gasteiger charge is -2.27. The highest BCUT2D eigenvalue weighted by Crippen LogP contribution is 2.29. The van der Waals surface area contributed by atoms with Crippen molar-refractivity contribution in [3.63, 3.8) is 0 Å². The van der Waals surface area contributed by atoms with Crippen LogP contribution in [0.25, 0.3) is 0 Å². The van der Waals surface area contributed by atoms with Gasteiger partial charge in [-0.15, -0.1) is 0 Å². The van der Waals surface area contributed by atoms with Crippen LogP contribution in [-0.4, -0.2) is 11.0 Å². The minimum atomic E-state index is 0.392. The number of hydrogen-bond acceptors (Lipinski definition) is 2. The molecule has 0 spiro atoms.